The Morgan fingerprint density at radius 3 is 2.69 bits per heavy atom. The molecule has 16 heavy (non-hydrogen) atoms. The van der Waals surface area contributed by atoms with Crippen LogP contribution >= 0.6 is 11.6 Å². The first-order chi connectivity index (χ1) is 7.65. The van der Waals surface area contributed by atoms with Gasteiger partial charge in [0.05, 0.1) is 0 Å². The lowest BCUT2D eigenvalue weighted by Gasteiger charge is -2.42. The van der Waals surface area contributed by atoms with Gasteiger partial charge in [0.2, 0.25) is 0 Å². The smallest absolute Gasteiger partial charge is 0.124 e. The molecule has 0 aliphatic heterocycles. The summed E-state index contributed by atoms with van der Waals surface area (Å²) in [6.45, 7) is 1.01. The van der Waals surface area contributed by atoms with E-state index in [0.29, 0.717) is 10.4 Å². The predicted molar refractivity (Wildman–Crippen MR) is 65.3 cm³/mol. The number of halogens is 2. The van der Waals surface area contributed by atoms with Crippen molar-refractivity contribution in [2.75, 3.05) is 13.6 Å². The van der Waals surface area contributed by atoms with Crippen molar-refractivity contribution in [1.82, 2.24) is 5.32 Å². The van der Waals surface area contributed by atoms with Gasteiger partial charge >= 0.3 is 0 Å². The lowest BCUT2D eigenvalue weighted by molar-refractivity contribution is 0.133. The van der Waals surface area contributed by atoms with Crippen LogP contribution in [0.3, 0.4) is 0 Å². The molecule has 0 aromatic heterocycles. The molecule has 3 heteroatoms. The molecule has 1 nitrogen and oxygen atoms in total. The molecule has 0 spiro atoms. The van der Waals surface area contributed by atoms with Crippen molar-refractivity contribution in [2.45, 2.75) is 25.7 Å². The highest BCUT2D eigenvalue weighted by Crippen LogP contribution is 2.44. The molecule has 1 aliphatic carbocycles. The van der Waals surface area contributed by atoms with Gasteiger partial charge in [0.1, 0.15) is 5.82 Å². The maximum absolute atomic E-state index is 12.9. The zero-order valence-electron chi connectivity index (χ0n) is 9.52. The Bertz CT molecular complexity index is 374. The van der Waals surface area contributed by atoms with Crippen LogP contribution in [0, 0.1) is 11.2 Å². The summed E-state index contributed by atoms with van der Waals surface area (Å²) in [5.74, 6) is -0.259. The molecule has 0 unspecified atom stereocenters. The van der Waals surface area contributed by atoms with Crippen molar-refractivity contribution >= 4 is 11.6 Å². The van der Waals surface area contributed by atoms with Crippen molar-refractivity contribution in [1.29, 1.82) is 0 Å². The van der Waals surface area contributed by atoms with Gasteiger partial charge in [-0.25, -0.2) is 4.39 Å². The number of rotatable bonds is 4. The van der Waals surface area contributed by atoms with Crippen molar-refractivity contribution in [3.8, 4) is 0 Å². The summed E-state index contributed by atoms with van der Waals surface area (Å²) in [5, 5.41) is 3.80. The summed E-state index contributed by atoms with van der Waals surface area (Å²) in [4.78, 5) is 0. The summed E-state index contributed by atoms with van der Waals surface area (Å²) < 4.78 is 12.9. The van der Waals surface area contributed by atoms with E-state index >= 15 is 0 Å². The van der Waals surface area contributed by atoms with E-state index in [4.69, 9.17) is 11.6 Å². The minimum atomic E-state index is -0.259. The fourth-order valence-electron chi connectivity index (χ4n) is 2.54. The summed E-state index contributed by atoms with van der Waals surface area (Å²) in [6.07, 6.45) is 4.72. The van der Waals surface area contributed by atoms with Crippen LogP contribution in [0.4, 0.5) is 4.39 Å². The average Bonchev–Trinajstić information content (AvgIpc) is 2.18. The van der Waals surface area contributed by atoms with Crippen molar-refractivity contribution in [3.63, 3.8) is 0 Å². The fourth-order valence-corrected chi connectivity index (χ4v) is 2.77. The molecule has 1 fully saturated rings. The van der Waals surface area contributed by atoms with Crippen LogP contribution in [-0.4, -0.2) is 13.6 Å². The van der Waals surface area contributed by atoms with E-state index in [9.17, 15) is 4.39 Å². The molecule has 0 bridgehead atoms. The van der Waals surface area contributed by atoms with E-state index in [1.54, 1.807) is 0 Å². The third kappa shape index (κ3) is 2.38. The Hall–Kier alpha value is -0.600. The van der Waals surface area contributed by atoms with Crippen LogP contribution in [-0.2, 0) is 6.42 Å². The van der Waals surface area contributed by atoms with Gasteiger partial charge in [0.25, 0.3) is 0 Å². The summed E-state index contributed by atoms with van der Waals surface area (Å²) in [6, 6.07) is 4.71. The maximum Gasteiger partial charge on any atom is 0.124 e. The first-order valence-corrected chi connectivity index (χ1v) is 6.12. The monoisotopic (exact) mass is 241 g/mol. The highest BCUT2D eigenvalue weighted by Gasteiger charge is 2.36. The van der Waals surface area contributed by atoms with Gasteiger partial charge in [-0.2, -0.15) is 0 Å². The number of hydrogen-bond donors (Lipinski definition) is 1. The summed E-state index contributed by atoms with van der Waals surface area (Å²) in [5.41, 5.74) is 1.41. The van der Waals surface area contributed by atoms with E-state index in [1.165, 1.54) is 31.4 Å². The Balaban J connectivity index is 2.13. The second-order valence-corrected chi connectivity index (χ2v) is 5.20. The zero-order chi connectivity index (χ0) is 11.6. The number of hydrogen-bond acceptors (Lipinski definition) is 1. The molecule has 1 N–H and O–H groups in total. The summed E-state index contributed by atoms with van der Waals surface area (Å²) >= 11 is 6.06. The Morgan fingerprint density at radius 2 is 2.19 bits per heavy atom. The number of nitrogens with one attached hydrogen (secondary N) is 1. The van der Waals surface area contributed by atoms with Gasteiger partial charge in [-0.05, 0) is 49.4 Å². The fraction of sp³-hybridized carbons (Fsp3) is 0.538. The minimum absolute atomic E-state index is 0.259. The van der Waals surface area contributed by atoms with Gasteiger partial charge in [-0.1, -0.05) is 24.1 Å². The topological polar surface area (TPSA) is 12.0 Å². The lowest BCUT2D eigenvalue weighted by atomic mass is 9.65. The second kappa shape index (κ2) is 4.72. The molecule has 1 aromatic rings. The molecular weight excluding hydrogens is 225 g/mol. The van der Waals surface area contributed by atoms with Crippen molar-refractivity contribution in [3.05, 3.63) is 34.6 Å². The predicted octanol–water partition coefficient (Wildman–Crippen LogP) is 3.41. The summed E-state index contributed by atoms with van der Waals surface area (Å²) in [7, 11) is 1.98. The minimum Gasteiger partial charge on any atom is -0.319 e. The molecule has 88 valence electrons. The molecule has 1 saturated carbocycles. The number of benzene rings is 1. The molecule has 0 atom stereocenters. The van der Waals surface area contributed by atoms with Gasteiger partial charge in [0.15, 0.2) is 0 Å². The van der Waals surface area contributed by atoms with Gasteiger partial charge in [0, 0.05) is 11.6 Å². The highest BCUT2D eigenvalue weighted by molar-refractivity contribution is 6.31. The second-order valence-electron chi connectivity index (χ2n) is 4.80. The quantitative estimate of drug-likeness (QED) is 0.852. The molecular formula is C13H17ClFN. The van der Waals surface area contributed by atoms with Gasteiger partial charge in [-0.3, -0.25) is 0 Å². The lowest BCUT2D eigenvalue weighted by Crippen LogP contribution is -2.40. The molecule has 1 aromatic carbocycles. The zero-order valence-corrected chi connectivity index (χ0v) is 10.3. The average molecular weight is 242 g/mol. The first kappa shape index (κ1) is 11.9. The van der Waals surface area contributed by atoms with E-state index in [0.717, 1.165) is 18.5 Å². The van der Waals surface area contributed by atoms with E-state index < -0.39 is 0 Å². The standard InChI is InChI=1S/C13H17ClFN/c1-16-9-13(5-2-6-13)8-10-3-4-11(15)7-12(10)14/h3-4,7,16H,2,5-6,8-9H2,1H3. The molecule has 1 aliphatic rings. The highest BCUT2D eigenvalue weighted by atomic mass is 35.5. The molecule has 0 heterocycles. The van der Waals surface area contributed by atoms with Crippen LogP contribution in [0.1, 0.15) is 24.8 Å². The van der Waals surface area contributed by atoms with Crippen LogP contribution in [0.2, 0.25) is 5.02 Å². The molecule has 0 saturated heterocycles. The van der Waals surface area contributed by atoms with Crippen LogP contribution < -0.4 is 5.32 Å². The third-order valence-electron chi connectivity index (χ3n) is 3.55. The van der Waals surface area contributed by atoms with Gasteiger partial charge in [-0.15, -0.1) is 0 Å². The van der Waals surface area contributed by atoms with E-state index in [2.05, 4.69) is 5.32 Å². The normalized spacial score (nSPS) is 18.2. The van der Waals surface area contributed by atoms with E-state index in [-0.39, 0.29) is 5.82 Å². The Labute approximate surface area is 101 Å². The van der Waals surface area contributed by atoms with Gasteiger partial charge < -0.3 is 5.32 Å². The molecule has 0 amide bonds. The largest absolute Gasteiger partial charge is 0.319 e. The van der Waals surface area contributed by atoms with Crippen molar-refractivity contribution in [2.24, 2.45) is 5.41 Å². The van der Waals surface area contributed by atoms with Crippen molar-refractivity contribution < 1.29 is 4.39 Å². The SMILES string of the molecule is CNCC1(Cc2ccc(F)cc2Cl)CCC1. The van der Waals surface area contributed by atoms with Crippen LogP contribution in [0.5, 0.6) is 0 Å². The molecule has 0 radical (unpaired) electrons. The Morgan fingerprint density at radius 1 is 1.44 bits per heavy atom. The van der Waals surface area contributed by atoms with Crippen LogP contribution in [0.15, 0.2) is 18.2 Å². The van der Waals surface area contributed by atoms with Crippen LogP contribution in [0.25, 0.3) is 0 Å². The first-order valence-electron chi connectivity index (χ1n) is 5.74. The Kier molecular flexibility index (Phi) is 3.50. The van der Waals surface area contributed by atoms with E-state index in [1.807, 2.05) is 13.1 Å². The third-order valence-corrected chi connectivity index (χ3v) is 3.90. The molecule has 2 rings (SSSR count). The maximum atomic E-state index is 12.9.